The van der Waals surface area contributed by atoms with Crippen LogP contribution < -0.4 is 0 Å². The van der Waals surface area contributed by atoms with E-state index in [-0.39, 0.29) is 10.4 Å². The van der Waals surface area contributed by atoms with Crippen molar-refractivity contribution in [2.24, 2.45) is 0 Å². The molecule has 1 aliphatic rings. The summed E-state index contributed by atoms with van der Waals surface area (Å²) in [6.07, 6.45) is 0.908. The summed E-state index contributed by atoms with van der Waals surface area (Å²) in [5.41, 5.74) is 0. The third-order valence-electron chi connectivity index (χ3n) is 1.59. The lowest BCUT2D eigenvalue weighted by Gasteiger charge is -2.16. The minimum atomic E-state index is 0.137. The minimum Gasteiger partial charge on any atom is -0.286 e. The molecule has 13 heavy (non-hydrogen) atoms. The molecule has 1 nitrogen and oxygen atoms in total. The van der Waals surface area contributed by atoms with Crippen molar-refractivity contribution in [3.63, 3.8) is 0 Å². The van der Waals surface area contributed by atoms with Crippen LogP contribution in [-0.4, -0.2) is 10.4 Å². The monoisotopic (exact) mass is 266 g/mol. The second kappa shape index (κ2) is 4.02. The zero-order valence-electron chi connectivity index (χ0n) is 6.73. The van der Waals surface area contributed by atoms with Gasteiger partial charge in [0.15, 0.2) is 0 Å². The second-order valence-corrected chi connectivity index (χ2v) is 8.43. The van der Waals surface area contributed by atoms with Crippen LogP contribution in [0.2, 0.25) is 0 Å². The molecular formula is C7H6OS5. The molecule has 2 heterocycles. The van der Waals surface area contributed by atoms with E-state index in [1.54, 1.807) is 34.4 Å². The highest BCUT2D eigenvalue weighted by atomic mass is 32.2. The van der Waals surface area contributed by atoms with E-state index in [4.69, 9.17) is 12.2 Å². The Kier molecular flexibility index (Phi) is 3.14. The molecule has 0 saturated carbocycles. The number of carbonyl (C=O) groups is 1. The number of hydrogen-bond acceptors (Lipinski definition) is 6. The molecule has 1 unspecified atom stereocenters. The highest BCUT2D eigenvalue weighted by molar-refractivity contribution is 8.19. The summed E-state index contributed by atoms with van der Waals surface area (Å²) in [5, 5.41) is 0.418. The molecule has 0 N–H and O–H groups in total. The first kappa shape index (κ1) is 10.2. The lowest BCUT2D eigenvalue weighted by atomic mass is 10.4. The highest BCUT2D eigenvalue weighted by Crippen LogP contribution is 2.48. The zero-order chi connectivity index (χ0) is 9.42. The van der Waals surface area contributed by atoms with Gasteiger partial charge in [-0.25, -0.2) is 0 Å². The minimum absolute atomic E-state index is 0.137. The Morgan fingerprint density at radius 3 is 2.77 bits per heavy atom. The lowest BCUT2D eigenvalue weighted by Crippen LogP contribution is -2.14. The summed E-state index contributed by atoms with van der Waals surface area (Å²) < 4.78 is 3.27. The number of carbonyl (C=O) groups excluding carboxylic acids is 1. The van der Waals surface area contributed by atoms with Crippen molar-refractivity contribution >= 4 is 63.5 Å². The normalized spacial score (nSPS) is 21.6. The molecule has 0 radical (unpaired) electrons. The fourth-order valence-corrected chi connectivity index (χ4v) is 7.21. The third-order valence-corrected chi connectivity index (χ3v) is 7.54. The molecule has 0 amide bonds. The molecule has 1 aromatic rings. The van der Waals surface area contributed by atoms with Crippen LogP contribution in [0.5, 0.6) is 0 Å². The Labute approximate surface area is 97.9 Å². The molecule has 0 saturated heterocycles. The predicted molar refractivity (Wildman–Crippen MR) is 63.8 cm³/mol. The summed E-state index contributed by atoms with van der Waals surface area (Å²) in [5.74, 6) is 0. The summed E-state index contributed by atoms with van der Waals surface area (Å²) in [6, 6.07) is 0. The first-order chi connectivity index (χ1) is 6.20. The molecule has 1 aromatic heterocycles. The first-order valence-corrected chi connectivity index (χ1v) is 7.46. The van der Waals surface area contributed by atoms with Crippen LogP contribution in [0.4, 0.5) is 0 Å². The van der Waals surface area contributed by atoms with Crippen molar-refractivity contribution in [3.8, 4) is 0 Å². The summed E-state index contributed by atoms with van der Waals surface area (Å²) in [7, 11) is 0. The predicted octanol–water partition coefficient (Wildman–Crippen LogP) is 4.04. The maximum atomic E-state index is 11.5. The lowest BCUT2D eigenvalue weighted by molar-refractivity contribution is -0.110. The Balaban J connectivity index is 2.37. The Hall–Kier alpha value is 0.640. The smallest absolute Gasteiger partial charge is 0.207 e. The van der Waals surface area contributed by atoms with Gasteiger partial charge < -0.3 is 0 Å². The third kappa shape index (κ3) is 2.02. The first-order valence-electron chi connectivity index (χ1n) is 3.73. The molecule has 0 bridgehead atoms. The molecule has 70 valence electrons. The number of hydrogen-bond donors (Lipinski definition) is 0. The van der Waals surface area contributed by atoms with E-state index >= 15 is 0 Å². The van der Waals surface area contributed by atoms with Gasteiger partial charge in [0.05, 0.1) is 13.7 Å². The van der Waals surface area contributed by atoms with Gasteiger partial charge in [-0.15, -0.1) is 34.4 Å². The van der Waals surface area contributed by atoms with E-state index in [9.17, 15) is 4.79 Å². The Morgan fingerprint density at radius 1 is 1.38 bits per heavy atom. The molecule has 6 heteroatoms. The van der Waals surface area contributed by atoms with Crippen LogP contribution in [0.3, 0.4) is 0 Å². The second-order valence-electron chi connectivity index (χ2n) is 2.46. The standard InChI is InChI=1S/C7H6OS5/c1-2-3-4(8)11-6-5(10-3)12-7(9)13-6/h3H,2H2,1H3. The van der Waals surface area contributed by atoms with Crippen molar-refractivity contribution < 1.29 is 4.79 Å². The van der Waals surface area contributed by atoms with Crippen LogP contribution in [0.25, 0.3) is 0 Å². The zero-order valence-corrected chi connectivity index (χ0v) is 10.8. The summed E-state index contributed by atoms with van der Waals surface area (Å²) in [4.78, 5) is 11.5. The molecule has 0 spiro atoms. The van der Waals surface area contributed by atoms with Gasteiger partial charge in [-0.05, 0) is 18.2 Å². The maximum absolute atomic E-state index is 11.5. The van der Waals surface area contributed by atoms with Gasteiger partial charge in [0, 0.05) is 0 Å². The fraction of sp³-hybridized carbons (Fsp3) is 0.429. The summed E-state index contributed by atoms with van der Waals surface area (Å²) >= 11 is 11.3. The molecule has 0 aliphatic carbocycles. The van der Waals surface area contributed by atoms with E-state index in [0.717, 1.165) is 13.8 Å². The van der Waals surface area contributed by atoms with E-state index < -0.39 is 0 Å². The molecule has 0 aromatic carbocycles. The van der Waals surface area contributed by atoms with Gasteiger partial charge in [-0.3, -0.25) is 4.79 Å². The van der Waals surface area contributed by atoms with E-state index in [2.05, 4.69) is 0 Å². The van der Waals surface area contributed by atoms with Gasteiger partial charge >= 0.3 is 0 Å². The molecule has 1 aliphatic heterocycles. The van der Waals surface area contributed by atoms with E-state index in [1.807, 2.05) is 6.92 Å². The van der Waals surface area contributed by atoms with Crippen LogP contribution in [0.1, 0.15) is 13.3 Å². The molecule has 0 fully saturated rings. The van der Waals surface area contributed by atoms with E-state index in [1.165, 1.54) is 16.0 Å². The van der Waals surface area contributed by atoms with Crippen molar-refractivity contribution in [2.75, 3.05) is 0 Å². The quantitative estimate of drug-likeness (QED) is 0.713. The van der Waals surface area contributed by atoms with Crippen molar-refractivity contribution in [3.05, 3.63) is 3.14 Å². The summed E-state index contributed by atoms with van der Waals surface area (Å²) in [6.45, 7) is 2.05. The Bertz CT molecular complexity index is 390. The molecule has 1 atom stereocenters. The highest BCUT2D eigenvalue weighted by Gasteiger charge is 2.28. The molecule has 2 rings (SSSR count). The van der Waals surface area contributed by atoms with Crippen molar-refractivity contribution in [2.45, 2.75) is 27.0 Å². The van der Waals surface area contributed by atoms with Gasteiger partial charge in [0.25, 0.3) is 0 Å². The average Bonchev–Trinajstić information content (AvgIpc) is 2.42. The number of thioether (sulfide) groups is 2. The van der Waals surface area contributed by atoms with E-state index in [0.29, 0.717) is 0 Å². The van der Waals surface area contributed by atoms with Crippen LogP contribution >= 0.6 is 58.4 Å². The van der Waals surface area contributed by atoms with Gasteiger partial charge in [-0.2, -0.15) is 0 Å². The largest absolute Gasteiger partial charge is 0.286 e. The van der Waals surface area contributed by atoms with Crippen molar-refractivity contribution in [1.82, 2.24) is 0 Å². The Morgan fingerprint density at radius 2 is 2.08 bits per heavy atom. The number of rotatable bonds is 1. The average molecular weight is 266 g/mol. The number of fused-ring (bicyclic) bond motifs is 1. The van der Waals surface area contributed by atoms with Gasteiger partial charge in [0.1, 0.15) is 3.14 Å². The SMILES string of the molecule is CCC1Sc2sc(=S)sc2SC1=O. The molecular weight excluding hydrogens is 260 g/mol. The van der Waals surface area contributed by atoms with Crippen LogP contribution in [0.15, 0.2) is 8.42 Å². The van der Waals surface area contributed by atoms with Crippen LogP contribution in [0, 0.1) is 3.14 Å². The van der Waals surface area contributed by atoms with Gasteiger partial charge in [-0.1, -0.05) is 19.1 Å². The van der Waals surface area contributed by atoms with Crippen molar-refractivity contribution in [1.29, 1.82) is 0 Å². The maximum Gasteiger partial charge on any atom is 0.207 e. The van der Waals surface area contributed by atoms with Crippen LogP contribution in [-0.2, 0) is 4.79 Å². The fourth-order valence-electron chi connectivity index (χ4n) is 0.975. The van der Waals surface area contributed by atoms with Gasteiger partial charge in [0.2, 0.25) is 5.12 Å². The topological polar surface area (TPSA) is 17.1 Å².